The van der Waals surface area contributed by atoms with Gasteiger partial charge in [-0.3, -0.25) is 9.69 Å². The Kier molecular flexibility index (Phi) is 5.10. The summed E-state index contributed by atoms with van der Waals surface area (Å²) in [5.74, 6) is 0.0189. The summed E-state index contributed by atoms with van der Waals surface area (Å²) in [5, 5.41) is 10.1. The number of carbonyl (C=O) groups is 1. The molecule has 2 saturated heterocycles. The summed E-state index contributed by atoms with van der Waals surface area (Å²) >= 11 is 0. The quantitative estimate of drug-likeness (QED) is 0.625. The van der Waals surface area contributed by atoms with Gasteiger partial charge in [-0.1, -0.05) is 30.3 Å². The number of oxazole rings is 1. The second kappa shape index (κ2) is 7.95. The van der Waals surface area contributed by atoms with Crippen molar-refractivity contribution in [1.29, 1.82) is 5.26 Å². The predicted octanol–water partition coefficient (Wildman–Crippen LogP) is 3.94. The van der Waals surface area contributed by atoms with Crippen molar-refractivity contribution >= 4 is 28.7 Å². The van der Waals surface area contributed by atoms with Crippen LogP contribution in [0.25, 0.3) is 22.2 Å². The van der Waals surface area contributed by atoms with Crippen LogP contribution in [0.2, 0.25) is 0 Å². The highest BCUT2D eigenvalue weighted by Gasteiger charge is 2.33. The summed E-state index contributed by atoms with van der Waals surface area (Å²) in [6, 6.07) is 13.2. The van der Waals surface area contributed by atoms with Crippen LogP contribution >= 0.6 is 0 Å². The van der Waals surface area contributed by atoms with Gasteiger partial charge in [-0.05, 0) is 45.0 Å². The van der Waals surface area contributed by atoms with Gasteiger partial charge in [0.1, 0.15) is 11.6 Å². The Labute approximate surface area is 187 Å². The van der Waals surface area contributed by atoms with Crippen LogP contribution in [0, 0.1) is 18.3 Å². The van der Waals surface area contributed by atoms with E-state index in [4.69, 9.17) is 4.42 Å². The Bertz CT molecular complexity index is 1220. The SMILES string of the molecule is Cc1c(-c2ccccc2)c(N2CC[C@H](N(C)C)C2)c2oc(N3CCCC3=O)nc2c1C#N. The van der Waals surface area contributed by atoms with Crippen LogP contribution in [-0.4, -0.2) is 55.6 Å². The molecule has 2 aliphatic rings. The van der Waals surface area contributed by atoms with Gasteiger partial charge in [0.2, 0.25) is 5.91 Å². The Morgan fingerprint density at radius 1 is 1.22 bits per heavy atom. The first-order chi connectivity index (χ1) is 15.5. The summed E-state index contributed by atoms with van der Waals surface area (Å²) in [4.78, 5) is 23.3. The molecule has 2 fully saturated rings. The van der Waals surface area contributed by atoms with Crippen molar-refractivity contribution in [1.82, 2.24) is 9.88 Å². The van der Waals surface area contributed by atoms with Crippen molar-refractivity contribution in [2.45, 2.75) is 32.2 Å². The van der Waals surface area contributed by atoms with Gasteiger partial charge in [-0.15, -0.1) is 0 Å². The van der Waals surface area contributed by atoms with Crippen LogP contribution in [0.1, 0.15) is 30.4 Å². The van der Waals surface area contributed by atoms with Crippen LogP contribution in [0.15, 0.2) is 34.7 Å². The largest absolute Gasteiger partial charge is 0.421 e. The monoisotopic (exact) mass is 429 g/mol. The van der Waals surface area contributed by atoms with Gasteiger partial charge in [0, 0.05) is 37.7 Å². The molecule has 2 aliphatic heterocycles. The molecule has 3 heterocycles. The number of likely N-dealkylation sites (N-methyl/N-ethyl adjacent to an activating group) is 1. The first kappa shape index (κ1) is 20.5. The lowest BCUT2D eigenvalue weighted by atomic mass is 9.93. The molecule has 0 saturated carbocycles. The lowest BCUT2D eigenvalue weighted by molar-refractivity contribution is -0.117. The van der Waals surface area contributed by atoms with E-state index in [0.29, 0.717) is 41.7 Å². The number of nitriles is 1. The Hall–Kier alpha value is -3.37. The van der Waals surface area contributed by atoms with E-state index in [1.165, 1.54) is 0 Å². The maximum absolute atomic E-state index is 12.4. The number of hydrogen-bond acceptors (Lipinski definition) is 6. The molecule has 7 heteroatoms. The van der Waals surface area contributed by atoms with E-state index in [-0.39, 0.29) is 5.91 Å². The van der Waals surface area contributed by atoms with Gasteiger partial charge in [0.15, 0.2) is 5.58 Å². The maximum atomic E-state index is 12.4. The van der Waals surface area contributed by atoms with Gasteiger partial charge >= 0.3 is 6.01 Å². The Morgan fingerprint density at radius 2 is 2.00 bits per heavy atom. The predicted molar refractivity (Wildman–Crippen MR) is 125 cm³/mol. The zero-order valence-corrected chi connectivity index (χ0v) is 18.8. The Morgan fingerprint density at radius 3 is 2.62 bits per heavy atom. The molecule has 3 aromatic rings. The first-order valence-electron chi connectivity index (χ1n) is 11.1. The molecule has 0 radical (unpaired) electrons. The summed E-state index contributed by atoms with van der Waals surface area (Å²) < 4.78 is 6.31. The molecular formula is C25H27N5O2. The van der Waals surface area contributed by atoms with Crippen molar-refractivity contribution in [3.63, 3.8) is 0 Å². The molecule has 1 amide bonds. The van der Waals surface area contributed by atoms with Crippen LogP contribution in [0.3, 0.4) is 0 Å². The molecule has 164 valence electrons. The van der Waals surface area contributed by atoms with E-state index >= 15 is 0 Å². The zero-order valence-electron chi connectivity index (χ0n) is 18.8. The molecule has 32 heavy (non-hydrogen) atoms. The fourth-order valence-corrected chi connectivity index (χ4v) is 4.96. The Balaban J connectivity index is 1.78. The van der Waals surface area contributed by atoms with Crippen LogP contribution < -0.4 is 9.80 Å². The smallest absolute Gasteiger partial charge is 0.305 e. The van der Waals surface area contributed by atoms with Crippen molar-refractivity contribution < 1.29 is 9.21 Å². The number of nitrogens with zero attached hydrogens (tertiary/aromatic N) is 5. The normalized spacial score (nSPS) is 18.8. The molecule has 2 aromatic carbocycles. The van der Waals surface area contributed by atoms with Gasteiger partial charge in [0.25, 0.3) is 0 Å². The fourth-order valence-electron chi connectivity index (χ4n) is 4.96. The number of benzene rings is 2. The van der Waals surface area contributed by atoms with Crippen molar-refractivity contribution in [2.75, 3.05) is 43.5 Å². The second-order valence-corrected chi connectivity index (χ2v) is 8.88. The first-order valence-corrected chi connectivity index (χ1v) is 11.1. The number of anilines is 2. The maximum Gasteiger partial charge on any atom is 0.305 e. The van der Waals surface area contributed by atoms with E-state index in [1.54, 1.807) is 4.90 Å². The molecule has 0 bridgehead atoms. The minimum absolute atomic E-state index is 0.0189. The number of amides is 1. The standard InChI is InChI=1S/C25H27N5O2/c1-16-19(14-26)22-24(32-25(27-22)30-12-7-10-20(30)31)23(21(16)17-8-5-4-6-9-17)29-13-11-18(15-29)28(2)3/h4-6,8-9,18H,7,10-13,15H2,1-3H3/t18-/m0/s1. The molecule has 0 N–H and O–H groups in total. The number of hydrogen-bond donors (Lipinski definition) is 0. The third-order valence-corrected chi connectivity index (χ3v) is 6.74. The summed E-state index contributed by atoms with van der Waals surface area (Å²) in [6.45, 7) is 4.34. The second-order valence-electron chi connectivity index (χ2n) is 8.88. The van der Waals surface area contributed by atoms with E-state index in [2.05, 4.69) is 47.1 Å². The molecule has 0 spiro atoms. The highest BCUT2D eigenvalue weighted by molar-refractivity contribution is 6.04. The summed E-state index contributed by atoms with van der Waals surface area (Å²) in [7, 11) is 4.22. The lowest BCUT2D eigenvalue weighted by Crippen LogP contribution is -2.31. The fraction of sp³-hybridized carbons (Fsp3) is 0.400. The third-order valence-electron chi connectivity index (χ3n) is 6.74. The number of fused-ring (bicyclic) bond motifs is 1. The molecule has 1 atom stereocenters. The van der Waals surface area contributed by atoms with Crippen molar-refractivity contribution in [3.8, 4) is 17.2 Å². The molecule has 7 nitrogen and oxygen atoms in total. The van der Waals surface area contributed by atoms with Gasteiger partial charge in [-0.2, -0.15) is 10.2 Å². The number of aromatic nitrogens is 1. The van der Waals surface area contributed by atoms with Gasteiger partial charge in [0.05, 0.1) is 11.3 Å². The average Bonchev–Trinajstić information content (AvgIpc) is 3.53. The zero-order chi connectivity index (χ0) is 22.4. The highest BCUT2D eigenvalue weighted by atomic mass is 16.4. The van der Waals surface area contributed by atoms with Crippen LogP contribution in [0.4, 0.5) is 11.7 Å². The van der Waals surface area contributed by atoms with E-state index < -0.39 is 0 Å². The van der Waals surface area contributed by atoms with E-state index in [0.717, 1.165) is 48.3 Å². The highest BCUT2D eigenvalue weighted by Crippen LogP contribution is 2.45. The van der Waals surface area contributed by atoms with Gasteiger partial charge < -0.3 is 14.2 Å². The van der Waals surface area contributed by atoms with Crippen molar-refractivity contribution in [2.24, 2.45) is 0 Å². The molecule has 5 rings (SSSR count). The van der Waals surface area contributed by atoms with E-state index in [9.17, 15) is 10.1 Å². The minimum Gasteiger partial charge on any atom is -0.421 e. The number of carbonyl (C=O) groups excluding carboxylic acids is 1. The summed E-state index contributed by atoms with van der Waals surface area (Å²) in [6.07, 6.45) is 2.34. The average molecular weight is 430 g/mol. The molecule has 0 unspecified atom stereocenters. The van der Waals surface area contributed by atoms with E-state index in [1.807, 2.05) is 25.1 Å². The topological polar surface area (TPSA) is 76.6 Å². The number of rotatable bonds is 4. The van der Waals surface area contributed by atoms with Crippen LogP contribution in [-0.2, 0) is 4.79 Å². The summed E-state index contributed by atoms with van der Waals surface area (Å²) in [5.41, 5.74) is 5.56. The van der Waals surface area contributed by atoms with Gasteiger partial charge in [-0.25, -0.2) is 0 Å². The molecule has 1 aromatic heterocycles. The third kappa shape index (κ3) is 3.23. The van der Waals surface area contributed by atoms with Crippen molar-refractivity contribution in [3.05, 3.63) is 41.5 Å². The lowest BCUT2D eigenvalue weighted by Gasteiger charge is -2.25. The minimum atomic E-state index is 0.0189. The van der Waals surface area contributed by atoms with Crippen LogP contribution in [0.5, 0.6) is 0 Å². The molecular weight excluding hydrogens is 402 g/mol. The molecule has 0 aliphatic carbocycles.